The Morgan fingerprint density at radius 2 is 1.80 bits per heavy atom. The average Bonchev–Trinajstić information content (AvgIpc) is 3.12. The Labute approximate surface area is 172 Å². The molecule has 0 N–H and O–H groups in total. The van der Waals surface area contributed by atoms with E-state index in [0.717, 1.165) is 15.7 Å². The minimum absolute atomic E-state index is 0.0447. The Bertz CT molecular complexity index is 971. The zero-order valence-electron chi connectivity index (χ0n) is 16.5. The van der Waals surface area contributed by atoms with Crippen molar-refractivity contribution < 1.29 is 22.7 Å². The molecule has 0 radical (unpaired) electrons. The molecule has 1 amide bonds. The summed E-state index contributed by atoms with van der Waals surface area (Å²) in [6.45, 7) is -1.41. The van der Waals surface area contributed by atoms with Gasteiger partial charge in [0.05, 0.1) is 6.54 Å². The van der Waals surface area contributed by atoms with E-state index in [1.165, 1.54) is 24.3 Å². The Hall–Kier alpha value is -3.29. The van der Waals surface area contributed by atoms with Gasteiger partial charge < -0.3 is 14.2 Å². The van der Waals surface area contributed by atoms with Crippen molar-refractivity contribution in [2.45, 2.75) is 25.7 Å². The van der Waals surface area contributed by atoms with E-state index in [0.29, 0.717) is 12.2 Å². The van der Waals surface area contributed by atoms with Crippen LogP contribution in [0.2, 0.25) is 0 Å². The van der Waals surface area contributed by atoms with Crippen molar-refractivity contribution in [3.8, 4) is 5.75 Å². The maximum absolute atomic E-state index is 12.6. The molecule has 0 saturated heterocycles. The zero-order valence-corrected chi connectivity index (χ0v) is 16.5. The topological polar surface area (TPSA) is 47.4 Å². The van der Waals surface area contributed by atoms with Crippen LogP contribution in [-0.2, 0) is 24.3 Å². The molecule has 0 atom stereocenters. The summed E-state index contributed by atoms with van der Waals surface area (Å²) >= 11 is 0. The maximum Gasteiger partial charge on any atom is 0.406 e. The number of aromatic nitrogens is 2. The summed E-state index contributed by atoms with van der Waals surface area (Å²) in [6.07, 6.45) is -1.16. The van der Waals surface area contributed by atoms with Crippen molar-refractivity contribution in [2.24, 2.45) is 0 Å². The lowest BCUT2D eigenvalue weighted by Gasteiger charge is -2.19. The van der Waals surface area contributed by atoms with Crippen molar-refractivity contribution in [1.82, 2.24) is 14.5 Å². The number of rotatable bonds is 8. The predicted molar refractivity (Wildman–Crippen MR) is 106 cm³/mol. The van der Waals surface area contributed by atoms with Gasteiger partial charge in [0.2, 0.25) is 0 Å². The highest BCUT2D eigenvalue weighted by molar-refractivity contribution is 5.77. The standard InChI is InChI=1S/C22H22F3N3O2/c1-27(14-20-26-11-12-28(20)16-22(23,24)25)21(29)15-30-19-10-6-5-9-18(19)13-17-7-3-2-4-8-17/h2-12H,13-16H2,1H3. The first-order valence-corrected chi connectivity index (χ1v) is 9.37. The Balaban J connectivity index is 1.59. The molecular formula is C22H22F3N3O2. The van der Waals surface area contributed by atoms with Gasteiger partial charge in [0.15, 0.2) is 6.61 Å². The number of halogens is 3. The maximum atomic E-state index is 12.6. The van der Waals surface area contributed by atoms with Crippen LogP contribution in [0.25, 0.3) is 0 Å². The molecule has 1 aromatic heterocycles. The van der Waals surface area contributed by atoms with E-state index in [-0.39, 0.29) is 24.9 Å². The number of carbonyl (C=O) groups is 1. The van der Waals surface area contributed by atoms with Gasteiger partial charge in [-0.2, -0.15) is 13.2 Å². The van der Waals surface area contributed by atoms with Crippen LogP contribution in [0.1, 0.15) is 17.0 Å². The summed E-state index contributed by atoms with van der Waals surface area (Å²) in [7, 11) is 1.51. The molecule has 8 heteroatoms. The summed E-state index contributed by atoms with van der Waals surface area (Å²) in [5.41, 5.74) is 2.06. The van der Waals surface area contributed by atoms with Crippen LogP contribution in [0, 0.1) is 0 Å². The molecule has 0 bridgehead atoms. The molecule has 30 heavy (non-hydrogen) atoms. The average molecular weight is 417 g/mol. The molecule has 0 fully saturated rings. The first-order valence-electron chi connectivity index (χ1n) is 9.37. The van der Waals surface area contributed by atoms with Crippen molar-refractivity contribution in [3.05, 3.63) is 83.9 Å². The quantitative estimate of drug-likeness (QED) is 0.555. The van der Waals surface area contributed by atoms with Crippen molar-refractivity contribution in [3.63, 3.8) is 0 Å². The van der Waals surface area contributed by atoms with Crippen LogP contribution >= 0.6 is 0 Å². The largest absolute Gasteiger partial charge is 0.483 e. The lowest BCUT2D eigenvalue weighted by molar-refractivity contribution is -0.141. The summed E-state index contributed by atoms with van der Waals surface area (Å²) in [6, 6.07) is 17.3. The SMILES string of the molecule is CN(Cc1nccn1CC(F)(F)F)C(=O)COc1ccccc1Cc1ccccc1. The van der Waals surface area contributed by atoms with Gasteiger partial charge in [-0.05, 0) is 17.2 Å². The molecule has 0 spiro atoms. The van der Waals surface area contributed by atoms with E-state index in [2.05, 4.69) is 4.98 Å². The Kier molecular flexibility index (Phi) is 6.76. The minimum Gasteiger partial charge on any atom is -0.483 e. The molecule has 0 aliphatic heterocycles. The fourth-order valence-electron chi connectivity index (χ4n) is 2.99. The van der Waals surface area contributed by atoms with Crippen molar-refractivity contribution in [2.75, 3.05) is 13.7 Å². The number of ether oxygens (including phenoxy) is 1. The number of hydrogen-bond acceptors (Lipinski definition) is 3. The normalized spacial score (nSPS) is 11.3. The fourth-order valence-corrected chi connectivity index (χ4v) is 2.99. The molecule has 5 nitrogen and oxygen atoms in total. The number of benzene rings is 2. The van der Waals surface area contributed by atoms with E-state index in [1.807, 2.05) is 48.5 Å². The van der Waals surface area contributed by atoms with E-state index in [9.17, 15) is 18.0 Å². The third-order valence-electron chi connectivity index (χ3n) is 4.52. The van der Waals surface area contributed by atoms with Gasteiger partial charge in [-0.1, -0.05) is 48.5 Å². The highest BCUT2D eigenvalue weighted by atomic mass is 19.4. The number of nitrogens with zero attached hydrogens (tertiary/aromatic N) is 3. The van der Waals surface area contributed by atoms with Gasteiger partial charge in [0, 0.05) is 25.9 Å². The van der Waals surface area contributed by atoms with Crippen LogP contribution in [0.3, 0.4) is 0 Å². The van der Waals surface area contributed by atoms with Crippen LogP contribution in [0.15, 0.2) is 67.0 Å². The second-order valence-corrected chi connectivity index (χ2v) is 6.90. The Morgan fingerprint density at radius 1 is 1.10 bits per heavy atom. The van der Waals surface area contributed by atoms with Crippen LogP contribution in [0.4, 0.5) is 13.2 Å². The van der Waals surface area contributed by atoms with E-state index in [4.69, 9.17) is 4.74 Å². The number of para-hydroxylation sites is 1. The van der Waals surface area contributed by atoms with E-state index < -0.39 is 12.7 Å². The molecule has 0 aliphatic rings. The third-order valence-corrected chi connectivity index (χ3v) is 4.52. The fraction of sp³-hybridized carbons (Fsp3) is 0.273. The van der Waals surface area contributed by atoms with Crippen molar-refractivity contribution >= 4 is 5.91 Å². The highest BCUT2D eigenvalue weighted by Crippen LogP contribution is 2.22. The number of amides is 1. The smallest absolute Gasteiger partial charge is 0.406 e. The summed E-state index contributed by atoms with van der Waals surface area (Å²) < 4.78 is 44.7. The first kappa shape index (κ1) is 21.4. The summed E-state index contributed by atoms with van der Waals surface area (Å²) in [4.78, 5) is 17.7. The summed E-state index contributed by atoms with van der Waals surface area (Å²) in [5, 5.41) is 0. The molecule has 1 heterocycles. The second kappa shape index (κ2) is 9.47. The number of carbonyl (C=O) groups excluding carboxylic acids is 1. The molecule has 0 saturated carbocycles. The van der Waals surface area contributed by atoms with Gasteiger partial charge >= 0.3 is 6.18 Å². The third kappa shape index (κ3) is 6.10. The molecule has 3 aromatic rings. The van der Waals surface area contributed by atoms with Crippen molar-refractivity contribution in [1.29, 1.82) is 0 Å². The molecule has 158 valence electrons. The molecule has 0 aliphatic carbocycles. The van der Waals surface area contributed by atoms with Gasteiger partial charge in [0.1, 0.15) is 18.1 Å². The zero-order chi connectivity index (χ0) is 21.6. The highest BCUT2D eigenvalue weighted by Gasteiger charge is 2.29. The van der Waals surface area contributed by atoms with Crippen LogP contribution in [-0.4, -0.2) is 40.2 Å². The predicted octanol–water partition coefficient (Wildman–Crippen LogP) is 4.07. The number of imidazole rings is 1. The lowest BCUT2D eigenvalue weighted by Crippen LogP contribution is -2.32. The molecule has 0 unspecified atom stereocenters. The number of alkyl halides is 3. The lowest BCUT2D eigenvalue weighted by atomic mass is 10.0. The minimum atomic E-state index is -4.36. The van der Waals surface area contributed by atoms with E-state index >= 15 is 0 Å². The van der Waals surface area contributed by atoms with Gasteiger partial charge in [0.25, 0.3) is 5.91 Å². The molecule has 2 aromatic carbocycles. The van der Waals surface area contributed by atoms with Gasteiger partial charge in [-0.25, -0.2) is 4.98 Å². The van der Waals surface area contributed by atoms with Gasteiger partial charge in [-0.3, -0.25) is 4.79 Å². The van der Waals surface area contributed by atoms with E-state index in [1.54, 1.807) is 6.07 Å². The van der Waals surface area contributed by atoms with Crippen LogP contribution < -0.4 is 4.74 Å². The molecule has 3 rings (SSSR count). The second-order valence-electron chi connectivity index (χ2n) is 6.90. The first-order chi connectivity index (χ1) is 14.3. The Morgan fingerprint density at radius 3 is 2.53 bits per heavy atom. The summed E-state index contributed by atoms with van der Waals surface area (Å²) in [5.74, 6) is 0.403. The monoisotopic (exact) mass is 417 g/mol. The number of likely N-dealkylation sites (N-methyl/N-ethyl adjacent to an activating group) is 1. The van der Waals surface area contributed by atoms with Crippen LogP contribution in [0.5, 0.6) is 5.75 Å². The number of hydrogen-bond donors (Lipinski definition) is 0. The van der Waals surface area contributed by atoms with Gasteiger partial charge in [-0.15, -0.1) is 0 Å². The molecular weight excluding hydrogens is 395 g/mol.